The Morgan fingerprint density at radius 3 is 2.41 bits per heavy atom. The molecule has 1 atom stereocenters. The van der Waals surface area contributed by atoms with E-state index in [0.29, 0.717) is 12.0 Å². The van der Waals surface area contributed by atoms with Crippen LogP contribution in [0.2, 0.25) is 0 Å². The highest BCUT2D eigenvalue weighted by atomic mass is 16.6. The van der Waals surface area contributed by atoms with Crippen molar-refractivity contribution in [3.63, 3.8) is 0 Å². The third-order valence-corrected chi connectivity index (χ3v) is 4.33. The van der Waals surface area contributed by atoms with Gasteiger partial charge in [0.1, 0.15) is 5.75 Å². The number of hydrogen-bond donors (Lipinski definition) is 2. The quantitative estimate of drug-likeness (QED) is 0.569. The number of nitro groups is 1. The van der Waals surface area contributed by atoms with E-state index in [1.165, 1.54) is 17.0 Å². The van der Waals surface area contributed by atoms with Gasteiger partial charge in [0.25, 0.3) is 5.69 Å². The molecule has 0 heterocycles. The lowest BCUT2D eigenvalue weighted by atomic mass is 9.81. The van der Waals surface area contributed by atoms with Crippen molar-refractivity contribution in [2.45, 2.75) is 33.2 Å². The Bertz CT molecular complexity index is 829. The molecule has 0 spiro atoms. The highest BCUT2D eigenvalue weighted by Gasteiger charge is 2.35. The number of carbonyl (C=O) groups is 1. The number of benzene rings is 2. The molecule has 2 aromatic rings. The normalized spacial score (nSPS) is 12.4. The Balaban J connectivity index is 2.37. The average Bonchev–Trinajstić information content (AvgIpc) is 2.57. The van der Waals surface area contributed by atoms with Crippen molar-refractivity contribution in [3.05, 3.63) is 69.8 Å². The molecule has 7 nitrogen and oxygen atoms in total. The molecule has 0 fully saturated rings. The van der Waals surface area contributed by atoms with Crippen LogP contribution in [-0.2, 0) is 6.42 Å². The van der Waals surface area contributed by atoms with E-state index in [1.807, 2.05) is 26.8 Å². The van der Waals surface area contributed by atoms with Crippen LogP contribution in [-0.4, -0.2) is 32.7 Å². The van der Waals surface area contributed by atoms with Gasteiger partial charge in [-0.25, -0.2) is 4.79 Å². The lowest BCUT2D eigenvalue weighted by Crippen LogP contribution is -2.41. The summed E-state index contributed by atoms with van der Waals surface area (Å²) in [6.07, 6.45) is -0.677. The van der Waals surface area contributed by atoms with Crippen LogP contribution in [0.4, 0.5) is 10.5 Å². The minimum atomic E-state index is -1.10. The van der Waals surface area contributed by atoms with Crippen LogP contribution < -0.4 is 0 Å². The first-order valence-electron chi connectivity index (χ1n) is 8.61. The molecule has 0 aliphatic carbocycles. The number of nitro benzene ring substituents is 1. The van der Waals surface area contributed by atoms with Crippen molar-refractivity contribution < 1.29 is 19.9 Å². The second kappa shape index (κ2) is 8.07. The second-order valence-corrected chi connectivity index (χ2v) is 7.52. The number of carboxylic acid groups (broad SMARTS) is 1. The number of hydrogen-bond acceptors (Lipinski definition) is 4. The van der Waals surface area contributed by atoms with Gasteiger partial charge in [-0.15, -0.1) is 0 Å². The fraction of sp³-hybridized carbons (Fsp3) is 0.350. The molecular formula is C20H24N2O5. The highest BCUT2D eigenvalue weighted by molar-refractivity contribution is 5.66. The standard InChI is InChI=1S/C20H24N2O5/c1-20(2,3)18(15-7-5-8-16(13-15)22(26)27)21(19(24)25)11-10-14-6-4-9-17(23)12-14/h4-9,12-13,18,23H,10-11H2,1-3H3,(H,24,25). The monoisotopic (exact) mass is 372 g/mol. The zero-order chi connectivity index (χ0) is 20.2. The zero-order valence-electron chi connectivity index (χ0n) is 15.6. The lowest BCUT2D eigenvalue weighted by Gasteiger charge is -2.39. The maximum Gasteiger partial charge on any atom is 0.407 e. The molecule has 0 aliphatic heterocycles. The summed E-state index contributed by atoms with van der Waals surface area (Å²) in [5, 5.41) is 30.5. The molecule has 0 bridgehead atoms. The van der Waals surface area contributed by atoms with Gasteiger partial charge in [0.2, 0.25) is 0 Å². The van der Waals surface area contributed by atoms with E-state index in [9.17, 15) is 25.1 Å². The van der Waals surface area contributed by atoms with Crippen LogP contribution in [0, 0.1) is 15.5 Å². The van der Waals surface area contributed by atoms with Gasteiger partial charge in [-0.1, -0.05) is 45.0 Å². The molecule has 0 aromatic heterocycles. The van der Waals surface area contributed by atoms with Gasteiger partial charge >= 0.3 is 6.09 Å². The number of aromatic hydroxyl groups is 1. The van der Waals surface area contributed by atoms with Crippen LogP contribution in [0.15, 0.2) is 48.5 Å². The highest BCUT2D eigenvalue weighted by Crippen LogP contribution is 2.39. The van der Waals surface area contributed by atoms with E-state index in [0.717, 1.165) is 5.56 Å². The molecule has 7 heteroatoms. The fourth-order valence-corrected chi connectivity index (χ4v) is 3.25. The number of non-ortho nitro benzene ring substituents is 1. The summed E-state index contributed by atoms with van der Waals surface area (Å²) in [5.74, 6) is 0.125. The van der Waals surface area contributed by atoms with Gasteiger partial charge in [0, 0.05) is 18.7 Å². The predicted octanol–water partition coefficient (Wildman–Crippen LogP) is 4.61. The average molecular weight is 372 g/mol. The summed E-state index contributed by atoms with van der Waals surface area (Å²) in [6, 6.07) is 12.2. The molecule has 2 rings (SSSR count). The minimum Gasteiger partial charge on any atom is -0.508 e. The van der Waals surface area contributed by atoms with E-state index in [4.69, 9.17) is 0 Å². The molecule has 27 heavy (non-hydrogen) atoms. The molecule has 1 amide bonds. The largest absolute Gasteiger partial charge is 0.508 e. The first kappa shape index (κ1) is 20.2. The van der Waals surface area contributed by atoms with Crippen LogP contribution in [0.25, 0.3) is 0 Å². The Hall–Kier alpha value is -3.09. The molecule has 1 unspecified atom stereocenters. The van der Waals surface area contributed by atoms with Crippen molar-refractivity contribution in [1.29, 1.82) is 0 Å². The van der Waals surface area contributed by atoms with Gasteiger partial charge in [0.15, 0.2) is 0 Å². The summed E-state index contributed by atoms with van der Waals surface area (Å²) in [7, 11) is 0. The van der Waals surface area contributed by atoms with Crippen molar-refractivity contribution in [2.75, 3.05) is 6.54 Å². The van der Waals surface area contributed by atoms with Crippen molar-refractivity contribution in [2.24, 2.45) is 5.41 Å². The molecule has 144 valence electrons. The summed E-state index contributed by atoms with van der Waals surface area (Å²) in [5.41, 5.74) is 0.843. The number of phenolic OH excluding ortho intramolecular Hbond substituents is 1. The first-order valence-corrected chi connectivity index (χ1v) is 8.61. The minimum absolute atomic E-state index is 0.0694. The number of rotatable bonds is 6. The van der Waals surface area contributed by atoms with Gasteiger partial charge in [-0.3, -0.25) is 10.1 Å². The predicted molar refractivity (Wildman–Crippen MR) is 102 cm³/mol. The lowest BCUT2D eigenvalue weighted by molar-refractivity contribution is -0.385. The zero-order valence-corrected chi connectivity index (χ0v) is 15.6. The summed E-state index contributed by atoms with van der Waals surface area (Å²) in [4.78, 5) is 24.0. The second-order valence-electron chi connectivity index (χ2n) is 7.52. The SMILES string of the molecule is CC(C)(C)C(c1cccc([N+](=O)[O-])c1)N(CCc1cccc(O)c1)C(=O)O. The molecule has 2 aromatic carbocycles. The number of nitrogens with zero attached hydrogens (tertiary/aromatic N) is 2. The Morgan fingerprint density at radius 2 is 1.85 bits per heavy atom. The third kappa shape index (κ3) is 5.20. The van der Waals surface area contributed by atoms with Gasteiger partial charge in [0.05, 0.1) is 11.0 Å². The van der Waals surface area contributed by atoms with Crippen LogP contribution in [0.5, 0.6) is 5.75 Å². The van der Waals surface area contributed by atoms with Crippen LogP contribution >= 0.6 is 0 Å². The summed E-state index contributed by atoms with van der Waals surface area (Å²) in [6.45, 7) is 5.91. The fourth-order valence-electron chi connectivity index (χ4n) is 3.25. The molecule has 0 aliphatic rings. The third-order valence-electron chi connectivity index (χ3n) is 4.33. The molecular weight excluding hydrogens is 348 g/mol. The molecule has 0 saturated heterocycles. The van der Waals surface area contributed by atoms with Crippen LogP contribution in [0.3, 0.4) is 0 Å². The summed E-state index contributed by atoms with van der Waals surface area (Å²) >= 11 is 0. The van der Waals surface area contributed by atoms with E-state index < -0.39 is 22.5 Å². The summed E-state index contributed by atoms with van der Waals surface area (Å²) < 4.78 is 0. The van der Waals surface area contributed by atoms with Crippen molar-refractivity contribution >= 4 is 11.8 Å². The van der Waals surface area contributed by atoms with Crippen molar-refractivity contribution in [1.82, 2.24) is 4.90 Å². The molecule has 2 N–H and O–H groups in total. The number of phenols is 1. The van der Waals surface area contributed by atoms with Gasteiger partial charge < -0.3 is 15.1 Å². The molecule has 0 saturated carbocycles. The maximum atomic E-state index is 12.0. The smallest absolute Gasteiger partial charge is 0.407 e. The van der Waals surface area contributed by atoms with E-state index >= 15 is 0 Å². The Kier molecular flexibility index (Phi) is 6.05. The van der Waals surface area contributed by atoms with Gasteiger partial charge in [-0.05, 0) is 35.1 Å². The molecule has 0 radical (unpaired) electrons. The first-order chi connectivity index (χ1) is 12.6. The van der Waals surface area contributed by atoms with Gasteiger partial charge in [-0.2, -0.15) is 0 Å². The maximum absolute atomic E-state index is 12.0. The van der Waals surface area contributed by atoms with E-state index in [2.05, 4.69) is 0 Å². The topological polar surface area (TPSA) is 104 Å². The number of amides is 1. The van der Waals surface area contributed by atoms with E-state index in [-0.39, 0.29) is 18.0 Å². The van der Waals surface area contributed by atoms with Crippen LogP contribution in [0.1, 0.15) is 37.9 Å². The van der Waals surface area contributed by atoms with Crippen molar-refractivity contribution in [3.8, 4) is 5.75 Å². The van der Waals surface area contributed by atoms with E-state index in [1.54, 1.807) is 30.3 Å². The Morgan fingerprint density at radius 1 is 1.19 bits per heavy atom. The Labute approximate surface area is 158 Å².